The highest BCUT2D eigenvalue weighted by molar-refractivity contribution is 6.15. The number of carbonyl (C=O) groups excluding carboxylic acids is 1. The predicted molar refractivity (Wildman–Crippen MR) is 132 cm³/mol. The van der Waals surface area contributed by atoms with E-state index in [-0.39, 0.29) is 18.2 Å². The zero-order valence-corrected chi connectivity index (χ0v) is 20.6. The van der Waals surface area contributed by atoms with Crippen LogP contribution in [-0.4, -0.2) is 46.2 Å². The van der Waals surface area contributed by atoms with Gasteiger partial charge in [-0.2, -0.15) is 0 Å². The summed E-state index contributed by atoms with van der Waals surface area (Å²) in [7, 11) is 3.19. The number of rotatable bonds is 9. The number of quaternary nitrogens is 1. The molecule has 0 amide bonds. The first-order valence-corrected chi connectivity index (χ1v) is 11.6. The summed E-state index contributed by atoms with van der Waals surface area (Å²) in [4.78, 5) is 14.7. The van der Waals surface area contributed by atoms with E-state index in [0.29, 0.717) is 23.7 Å². The lowest BCUT2D eigenvalue weighted by atomic mass is 10.00. The Hall–Kier alpha value is -3.02. The number of likely N-dealkylation sites (tertiary alicyclic amines) is 1. The monoisotopic (exact) mass is 481 g/mol. The van der Waals surface area contributed by atoms with E-state index < -0.39 is 0 Å². The van der Waals surface area contributed by atoms with Gasteiger partial charge in [0.1, 0.15) is 18.9 Å². The molecule has 3 aromatic rings. The van der Waals surface area contributed by atoms with Crippen molar-refractivity contribution in [2.24, 2.45) is 0 Å². The first kappa shape index (κ1) is 25.6. The van der Waals surface area contributed by atoms with Gasteiger partial charge in [-0.1, -0.05) is 36.4 Å². The van der Waals surface area contributed by atoms with Gasteiger partial charge in [0.05, 0.1) is 27.3 Å². The van der Waals surface area contributed by atoms with Gasteiger partial charge in [-0.05, 0) is 55.0 Å². The Bertz CT molecular complexity index is 1140. The second-order valence-corrected chi connectivity index (χ2v) is 8.35. The van der Waals surface area contributed by atoms with Gasteiger partial charge in [0, 0.05) is 16.5 Å². The molecule has 0 radical (unpaired) electrons. The largest absolute Gasteiger partial charge is 1.00 e. The molecule has 1 N–H and O–H groups in total. The second kappa shape index (κ2) is 12.4. The van der Waals surface area contributed by atoms with Crippen molar-refractivity contribution in [2.75, 3.05) is 40.5 Å². The van der Waals surface area contributed by atoms with Crippen molar-refractivity contribution in [3.05, 3.63) is 71.8 Å². The molecule has 4 rings (SSSR count). The fourth-order valence-electron chi connectivity index (χ4n) is 4.52. The maximum absolute atomic E-state index is 13.1. The molecule has 1 fully saturated rings. The summed E-state index contributed by atoms with van der Waals surface area (Å²) in [6, 6.07) is 17.3. The van der Waals surface area contributed by atoms with E-state index in [0.717, 1.165) is 28.6 Å². The lowest BCUT2D eigenvalue weighted by Crippen LogP contribution is -3.13. The van der Waals surface area contributed by atoms with Gasteiger partial charge in [-0.3, -0.25) is 4.79 Å². The number of ether oxygens (including phenoxy) is 3. The minimum Gasteiger partial charge on any atom is -1.00 e. The topological polar surface area (TPSA) is 49.2 Å². The zero-order valence-electron chi connectivity index (χ0n) is 19.8. The highest BCUT2D eigenvalue weighted by Crippen LogP contribution is 2.32. The van der Waals surface area contributed by atoms with Gasteiger partial charge in [-0.25, -0.2) is 0 Å². The summed E-state index contributed by atoms with van der Waals surface area (Å²) in [6.45, 7) is 4.17. The Morgan fingerprint density at radius 3 is 2.38 bits per heavy atom. The highest BCUT2D eigenvalue weighted by atomic mass is 35.5. The molecule has 6 heteroatoms. The summed E-state index contributed by atoms with van der Waals surface area (Å²) in [6.07, 6.45) is 7.32. The minimum atomic E-state index is -0.0691. The fourth-order valence-corrected chi connectivity index (χ4v) is 4.52. The van der Waals surface area contributed by atoms with E-state index in [1.807, 2.05) is 54.6 Å². The van der Waals surface area contributed by atoms with Crippen LogP contribution in [0.1, 0.15) is 35.2 Å². The van der Waals surface area contributed by atoms with Crippen LogP contribution in [0.25, 0.3) is 16.8 Å². The van der Waals surface area contributed by atoms with Crippen LogP contribution in [0.2, 0.25) is 0 Å². The average molecular weight is 482 g/mol. The lowest BCUT2D eigenvalue weighted by molar-refractivity contribution is -0.904. The van der Waals surface area contributed by atoms with Gasteiger partial charge >= 0.3 is 0 Å². The number of hydrogen-bond acceptors (Lipinski definition) is 4. The molecule has 0 unspecified atom stereocenters. The van der Waals surface area contributed by atoms with Crippen LogP contribution in [0.5, 0.6) is 17.2 Å². The smallest absolute Gasteiger partial charge is 0.186 e. The molecule has 0 aliphatic carbocycles. The molecular weight excluding hydrogens is 450 g/mol. The average Bonchev–Trinajstić information content (AvgIpc) is 2.87. The second-order valence-electron chi connectivity index (χ2n) is 8.35. The normalized spacial score (nSPS) is 14.1. The standard InChI is InChI=1S/C28H31NO4.ClH/c1-31-27-12-8-9-21(28(27)32-2)13-15-25(30)23-14-16-26(24-11-5-4-10-22(23)24)33-20-19-29-17-6-3-7-18-29;/h4-5,8-16H,3,6-7,17-20H2,1-2H3;1H/b15-13+;. The Kier molecular flexibility index (Phi) is 9.37. The number of carbonyl (C=O) groups is 1. The third-order valence-electron chi connectivity index (χ3n) is 6.27. The van der Waals surface area contributed by atoms with Crippen LogP contribution in [0.4, 0.5) is 0 Å². The minimum absolute atomic E-state index is 0. The van der Waals surface area contributed by atoms with E-state index in [2.05, 4.69) is 0 Å². The molecule has 1 saturated heterocycles. The Balaban J connectivity index is 0.00000324. The zero-order chi connectivity index (χ0) is 23.0. The van der Waals surface area contributed by atoms with Crippen LogP contribution >= 0.6 is 0 Å². The van der Waals surface area contributed by atoms with Crippen molar-refractivity contribution in [1.82, 2.24) is 0 Å². The van der Waals surface area contributed by atoms with Crippen LogP contribution in [0.15, 0.2) is 60.7 Å². The van der Waals surface area contributed by atoms with E-state index in [9.17, 15) is 4.79 Å². The number of ketones is 1. The third kappa shape index (κ3) is 5.91. The number of hydrogen-bond donors (Lipinski definition) is 1. The van der Waals surface area contributed by atoms with Crippen LogP contribution in [0, 0.1) is 0 Å². The highest BCUT2D eigenvalue weighted by Gasteiger charge is 2.15. The molecule has 0 atom stereocenters. The summed E-state index contributed by atoms with van der Waals surface area (Å²) in [5.74, 6) is 2.00. The van der Waals surface area contributed by atoms with E-state index in [4.69, 9.17) is 14.2 Å². The van der Waals surface area contributed by atoms with Crippen molar-refractivity contribution < 1.29 is 36.3 Å². The number of allylic oxidation sites excluding steroid dienone is 1. The first-order valence-electron chi connectivity index (χ1n) is 11.6. The molecule has 0 aromatic heterocycles. The molecule has 1 aliphatic rings. The Morgan fingerprint density at radius 2 is 1.65 bits per heavy atom. The number of fused-ring (bicyclic) bond motifs is 1. The number of piperidine rings is 1. The van der Waals surface area contributed by atoms with Crippen molar-refractivity contribution in [2.45, 2.75) is 19.3 Å². The van der Waals surface area contributed by atoms with Gasteiger partial charge in [0.15, 0.2) is 17.3 Å². The summed E-state index contributed by atoms with van der Waals surface area (Å²) in [5, 5.41) is 1.86. The molecule has 34 heavy (non-hydrogen) atoms. The van der Waals surface area contributed by atoms with Gasteiger partial charge in [-0.15, -0.1) is 0 Å². The predicted octanol–water partition coefficient (Wildman–Crippen LogP) is 1.20. The molecule has 1 aliphatic heterocycles. The maximum atomic E-state index is 13.1. The summed E-state index contributed by atoms with van der Waals surface area (Å²) >= 11 is 0. The van der Waals surface area contributed by atoms with Crippen molar-refractivity contribution in [3.63, 3.8) is 0 Å². The van der Waals surface area contributed by atoms with E-state index in [1.54, 1.807) is 31.3 Å². The van der Waals surface area contributed by atoms with Crippen molar-refractivity contribution in [3.8, 4) is 17.2 Å². The van der Waals surface area contributed by atoms with Crippen LogP contribution in [0.3, 0.4) is 0 Å². The van der Waals surface area contributed by atoms with Gasteiger partial charge < -0.3 is 31.5 Å². The maximum Gasteiger partial charge on any atom is 0.186 e. The number of para-hydroxylation sites is 1. The molecule has 5 nitrogen and oxygen atoms in total. The van der Waals surface area contributed by atoms with E-state index in [1.165, 1.54) is 32.4 Å². The molecule has 3 aromatic carbocycles. The molecule has 180 valence electrons. The number of benzene rings is 3. The van der Waals surface area contributed by atoms with Crippen LogP contribution in [-0.2, 0) is 0 Å². The molecule has 0 spiro atoms. The van der Waals surface area contributed by atoms with Crippen molar-refractivity contribution >= 4 is 22.6 Å². The molecule has 1 heterocycles. The van der Waals surface area contributed by atoms with Crippen LogP contribution < -0.4 is 31.5 Å². The van der Waals surface area contributed by atoms with Gasteiger partial charge in [0.2, 0.25) is 0 Å². The van der Waals surface area contributed by atoms with Crippen molar-refractivity contribution in [1.29, 1.82) is 0 Å². The number of nitrogens with one attached hydrogen (secondary N) is 1. The Morgan fingerprint density at radius 1 is 0.882 bits per heavy atom. The third-order valence-corrected chi connectivity index (χ3v) is 6.27. The quantitative estimate of drug-likeness (QED) is 0.368. The van der Waals surface area contributed by atoms with E-state index >= 15 is 0 Å². The first-order chi connectivity index (χ1) is 16.2. The number of halogens is 1. The SMILES string of the molecule is COc1cccc(/C=C/C(=O)c2ccc(OCC[NH+]3CCCCC3)c3ccccc23)c1OC.[Cl-]. The summed E-state index contributed by atoms with van der Waals surface area (Å²) < 4.78 is 17.0. The van der Waals surface area contributed by atoms with Gasteiger partial charge in [0.25, 0.3) is 0 Å². The Labute approximate surface area is 207 Å². The lowest BCUT2D eigenvalue weighted by Gasteiger charge is -2.23. The summed E-state index contributed by atoms with van der Waals surface area (Å²) in [5.41, 5.74) is 1.44. The molecular formula is C28H32ClNO4. The molecule has 0 saturated carbocycles. The number of methoxy groups -OCH3 is 2. The molecule has 0 bridgehead atoms. The fraction of sp³-hybridized carbons (Fsp3) is 0.321.